The van der Waals surface area contributed by atoms with E-state index >= 15 is 0 Å². The molecule has 0 radical (unpaired) electrons. The lowest BCUT2D eigenvalue weighted by Crippen LogP contribution is -2.34. The van der Waals surface area contributed by atoms with E-state index in [1.165, 1.54) is 0 Å². The van der Waals surface area contributed by atoms with Crippen molar-refractivity contribution in [3.8, 4) is 0 Å². The lowest BCUT2D eigenvalue weighted by molar-refractivity contribution is -0.246. The van der Waals surface area contributed by atoms with Crippen molar-refractivity contribution in [2.45, 2.75) is 0 Å². The summed E-state index contributed by atoms with van der Waals surface area (Å²) in [5, 5.41) is 20.0. The molecule has 0 aliphatic carbocycles. The van der Waals surface area contributed by atoms with Crippen LogP contribution in [0.25, 0.3) is 0 Å². The zero-order chi connectivity index (χ0) is 7.07. The fourth-order valence-corrected chi connectivity index (χ4v) is 0.924. The molecule has 0 saturated heterocycles. The Balaban J connectivity index is 3.27. The minimum absolute atomic E-state index is 1.32. The van der Waals surface area contributed by atoms with Crippen LogP contribution in [0.4, 0.5) is 0 Å². The van der Waals surface area contributed by atoms with Crippen LogP contribution in [0, 0.1) is 0 Å². The molecule has 0 unspecified atom stereocenters. The van der Waals surface area contributed by atoms with E-state index in [-0.39, 0.29) is 0 Å². The number of hydrogen-bond acceptors (Lipinski definition) is 4. The zero-order valence-electron chi connectivity index (χ0n) is 3.94. The van der Waals surface area contributed by atoms with Crippen molar-refractivity contribution in [3.63, 3.8) is 0 Å². The Kier molecular flexibility index (Phi) is 0.962. The van der Waals surface area contributed by atoms with Crippen LogP contribution in [0.15, 0.2) is 8.80 Å². The molecule has 6 nitrogen and oxygen atoms in total. The van der Waals surface area contributed by atoms with Gasteiger partial charge in [0.2, 0.25) is 0 Å². The Morgan fingerprint density at radius 2 is 1.44 bits per heavy atom. The molecule has 0 aromatic carbocycles. The third kappa shape index (κ3) is 0.992. The summed E-state index contributed by atoms with van der Waals surface area (Å²) in [6.45, 7) is 0. The normalized spacial score (nSPS) is 23.1. The summed E-state index contributed by atoms with van der Waals surface area (Å²) in [6.07, 6.45) is 0. The Bertz CT molecular complexity index is 262. The summed E-state index contributed by atoms with van der Waals surface area (Å²) in [6, 6.07) is 0. The van der Waals surface area contributed by atoms with E-state index in [0.29, 0.717) is 0 Å². The molecule has 0 N–H and O–H groups in total. The van der Waals surface area contributed by atoms with Gasteiger partial charge in [0.1, 0.15) is 0 Å². The largest absolute Gasteiger partial charge is 0.857 e. The van der Waals surface area contributed by atoms with Crippen LogP contribution in [-0.4, -0.2) is 20.2 Å². The molecule has 1 aliphatic heterocycles. The van der Waals surface area contributed by atoms with Crippen LogP contribution < -0.4 is 10.2 Å². The summed E-state index contributed by atoms with van der Waals surface area (Å²) >= 11 is 0. The smallest absolute Gasteiger partial charge is 0.361 e. The highest BCUT2D eigenvalue weighted by Gasteiger charge is 2.09. The SMILES string of the molecule is O=S1(=O)N=C([O-])C([O-])=N1. The zero-order valence-corrected chi connectivity index (χ0v) is 4.75. The monoisotopic (exact) mass is 148 g/mol. The van der Waals surface area contributed by atoms with Crippen LogP contribution in [0.5, 0.6) is 0 Å². The molecule has 50 valence electrons. The topological polar surface area (TPSA) is 105 Å². The van der Waals surface area contributed by atoms with E-state index in [1.54, 1.807) is 0 Å². The minimum atomic E-state index is -4.09. The molecule has 7 heteroatoms. The van der Waals surface area contributed by atoms with Gasteiger partial charge < -0.3 is 10.2 Å². The first-order valence-corrected chi connectivity index (χ1v) is 3.20. The van der Waals surface area contributed by atoms with Gasteiger partial charge in [-0.15, -0.1) is 0 Å². The fraction of sp³-hybridized carbons (Fsp3) is 0. The summed E-state index contributed by atoms with van der Waals surface area (Å²) < 4.78 is 25.0. The maximum absolute atomic E-state index is 10.1. The van der Waals surface area contributed by atoms with Crippen LogP contribution in [-0.2, 0) is 10.2 Å². The second-order valence-corrected chi connectivity index (χ2v) is 2.50. The molecular formula is C2N2O4S-2. The highest BCUT2D eigenvalue weighted by Crippen LogP contribution is 1.99. The van der Waals surface area contributed by atoms with E-state index in [4.69, 9.17) is 0 Å². The summed E-state index contributed by atoms with van der Waals surface area (Å²) in [5.74, 6) is -2.65. The predicted molar refractivity (Wildman–Crippen MR) is 23.8 cm³/mol. The van der Waals surface area contributed by atoms with Gasteiger partial charge in [0.15, 0.2) is 0 Å². The average Bonchev–Trinajstić information content (AvgIpc) is 1.79. The molecular weight excluding hydrogens is 148 g/mol. The quantitative estimate of drug-likeness (QED) is 0.360. The van der Waals surface area contributed by atoms with Gasteiger partial charge in [0.25, 0.3) is 0 Å². The third-order valence-electron chi connectivity index (χ3n) is 0.579. The molecule has 0 aromatic heterocycles. The van der Waals surface area contributed by atoms with Crippen LogP contribution >= 0.6 is 0 Å². The molecule has 0 amide bonds. The first kappa shape index (κ1) is 6.02. The van der Waals surface area contributed by atoms with E-state index in [1.807, 2.05) is 0 Å². The van der Waals surface area contributed by atoms with Crippen molar-refractivity contribution in [2.75, 3.05) is 0 Å². The molecule has 0 saturated carbocycles. The van der Waals surface area contributed by atoms with Gasteiger partial charge in [-0.05, 0) is 0 Å². The molecule has 1 aliphatic rings. The van der Waals surface area contributed by atoms with Crippen molar-refractivity contribution in [2.24, 2.45) is 8.80 Å². The molecule has 0 spiro atoms. The van der Waals surface area contributed by atoms with E-state index < -0.39 is 22.0 Å². The van der Waals surface area contributed by atoms with Crippen molar-refractivity contribution in [3.05, 3.63) is 0 Å². The van der Waals surface area contributed by atoms with Gasteiger partial charge in [-0.3, -0.25) is 0 Å². The fourth-order valence-electron chi connectivity index (χ4n) is 0.308. The second-order valence-electron chi connectivity index (χ2n) is 1.24. The van der Waals surface area contributed by atoms with E-state index in [9.17, 15) is 18.6 Å². The highest BCUT2D eigenvalue weighted by molar-refractivity contribution is 7.89. The maximum atomic E-state index is 10.1. The van der Waals surface area contributed by atoms with Crippen molar-refractivity contribution in [1.82, 2.24) is 0 Å². The second kappa shape index (κ2) is 1.44. The number of hydrogen-bond donors (Lipinski definition) is 0. The van der Waals surface area contributed by atoms with Gasteiger partial charge in [0.05, 0.1) is 0 Å². The molecule has 0 fully saturated rings. The number of nitrogens with zero attached hydrogens (tertiary/aromatic N) is 2. The average molecular weight is 148 g/mol. The van der Waals surface area contributed by atoms with Crippen LogP contribution in [0.1, 0.15) is 0 Å². The van der Waals surface area contributed by atoms with Crippen molar-refractivity contribution < 1.29 is 18.6 Å². The van der Waals surface area contributed by atoms with Gasteiger partial charge in [-0.25, -0.2) is 0 Å². The Hall–Kier alpha value is -1.11. The summed E-state index contributed by atoms with van der Waals surface area (Å²) in [4.78, 5) is 0. The summed E-state index contributed by atoms with van der Waals surface area (Å²) in [5.41, 5.74) is 0. The minimum Gasteiger partial charge on any atom is -0.857 e. The van der Waals surface area contributed by atoms with Crippen molar-refractivity contribution >= 4 is 22.0 Å². The molecule has 1 heterocycles. The van der Waals surface area contributed by atoms with Gasteiger partial charge in [-0.2, -0.15) is 17.2 Å². The lowest BCUT2D eigenvalue weighted by atomic mass is 10.7. The molecule has 0 bridgehead atoms. The molecule has 1 rings (SSSR count). The Morgan fingerprint density at radius 3 is 1.56 bits per heavy atom. The molecule has 0 atom stereocenters. The lowest BCUT2D eigenvalue weighted by Gasteiger charge is -2.07. The van der Waals surface area contributed by atoms with E-state index in [2.05, 4.69) is 8.80 Å². The van der Waals surface area contributed by atoms with Gasteiger partial charge >= 0.3 is 10.2 Å². The van der Waals surface area contributed by atoms with Gasteiger partial charge in [-0.1, -0.05) is 0 Å². The van der Waals surface area contributed by atoms with Crippen LogP contribution in [0.2, 0.25) is 0 Å². The standard InChI is InChI=1S/C2H2N2O4S/c5-1-2(6)4-9(7,8)3-1/h(H,3,5)(H,4,6)/p-2. The van der Waals surface area contributed by atoms with Crippen molar-refractivity contribution in [1.29, 1.82) is 0 Å². The first-order chi connectivity index (χ1) is 4.01. The number of rotatable bonds is 0. The third-order valence-corrected chi connectivity index (χ3v) is 1.37. The van der Waals surface area contributed by atoms with Gasteiger partial charge in [0, 0.05) is 11.8 Å². The molecule has 0 aromatic rings. The predicted octanol–water partition coefficient (Wildman–Crippen LogP) is -3.24. The first-order valence-electron chi connectivity index (χ1n) is 1.80. The highest BCUT2D eigenvalue weighted by atomic mass is 32.2. The van der Waals surface area contributed by atoms with E-state index in [0.717, 1.165) is 0 Å². The van der Waals surface area contributed by atoms with Crippen LogP contribution in [0.3, 0.4) is 0 Å². The maximum Gasteiger partial charge on any atom is 0.361 e. The summed E-state index contributed by atoms with van der Waals surface area (Å²) in [7, 11) is -4.09. The Labute approximate surface area is 50.4 Å². The Morgan fingerprint density at radius 1 is 1.11 bits per heavy atom. The molecule has 9 heavy (non-hydrogen) atoms.